The van der Waals surface area contributed by atoms with Gasteiger partial charge in [-0.2, -0.15) is 12.6 Å². The molecule has 13 heteroatoms. The highest BCUT2D eigenvalue weighted by atomic mass is 32.1. The SMILES string of the molecule is CC(NC(=O)C(CS)NC(=O)C(CC(=O)O)NC(=O)C(N)CO)C(=O)O. The number of carboxylic acid groups (broad SMARTS) is 2. The van der Waals surface area contributed by atoms with E-state index in [4.69, 9.17) is 21.1 Å². The summed E-state index contributed by atoms with van der Waals surface area (Å²) in [6.07, 6.45) is -0.803. The van der Waals surface area contributed by atoms with Crippen molar-refractivity contribution in [3.05, 3.63) is 0 Å². The zero-order chi connectivity index (χ0) is 20.4. The predicted octanol–water partition coefficient (Wildman–Crippen LogP) is -3.73. The van der Waals surface area contributed by atoms with Crippen LogP contribution in [0.4, 0.5) is 0 Å². The summed E-state index contributed by atoms with van der Waals surface area (Å²) in [4.78, 5) is 57.4. The maximum absolute atomic E-state index is 12.2. The van der Waals surface area contributed by atoms with Gasteiger partial charge in [0.15, 0.2) is 0 Å². The van der Waals surface area contributed by atoms with Crippen molar-refractivity contribution in [3.8, 4) is 0 Å². The first kappa shape index (κ1) is 23.6. The second kappa shape index (κ2) is 11.3. The molecule has 0 aliphatic rings. The smallest absolute Gasteiger partial charge is 0.325 e. The molecule has 148 valence electrons. The Hall–Kier alpha value is -2.38. The van der Waals surface area contributed by atoms with Gasteiger partial charge in [-0.15, -0.1) is 0 Å². The van der Waals surface area contributed by atoms with E-state index >= 15 is 0 Å². The van der Waals surface area contributed by atoms with Gasteiger partial charge in [-0.1, -0.05) is 0 Å². The highest BCUT2D eigenvalue weighted by Crippen LogP contribution is 1.98. The Morgan fingerprint density at radius 1 is 0.962 bits per heavy atom. The molecule has 0 aromatic rings. The molecule has 0 saturated carbocycles. The summed E-state index contributed by atoms with van der Waals surface area (Å²) in [5.41, 5.74) is 5.28. The highest BCUT2D eigenvalue weighted by molar-refractivity contribution is 7.80. The van der Waals surface area contributed by atoms with Crippen molar-refractivity contribution >= 4 is 42.3 Å². The molecule has 0 saturated heterocycles. The predicted molar refractivity (Wildman–Crippen MR) is 90.3 cm³/mol. The number of aliphatic hydroxyl groups is 1. The topological polar surface area (TPSA) is 208 Å². The molecule has 0 radical (unpaired) electrons. The van der Waals surface area contributed by atoms with E-state index in [2.05, 4.69) is 28.6 Å². The van der Waals surface area contributed by atoms with Gasteiger partial charge >= 0.3 is 11.9 Å². The summed E-state index contributed by atoms with van der Waals surface area (Å²) in [6.45, 7) is 0.489. The number of aliphatic hydroxyl groups excluding tert-OH is 1. The summed E-state index contributed by atoms with van der Waals surface area (Å²) in [5.74, 6) is -5.74. The van der Waals surface area contributed by atoms with E-state index in [1.165, 1.54) is 6.92 Å². The third kappa shape index (κ3) is 8.13. The quantitative estimate of drug-likeness (QED) is 0.162. The van der Waals surface area contributed by atoms with Gasteiger partial charge < -0.3 is 37.0 Å². The highest BCUT2D eigenvalue weighted by Gasteiger charge is 2.30. The maximum Gasteiger partial charge on any atom is 0.325 e. The van der Waals surface area contributed by atoms with Gasteiger partial charge in [0.2, 0.25) is 17.7 Å². The molecule has 12 nitrogen and oxygen atoms in total. The maximum atomic E-state index is 12.2. The van der Waals surface area contributed by atoms with Crippen LogP contribution >= 0.6 is 12.6 Å². The zero-order valence-electron chi connectivity index (χ0n) is 13.8. The number of hydrogen-bond acceptors (Lipinski definition) is 8. The summed E-state index contributed by atoms with van der Waals surface area (Å²) in [7, 11) is 0. The largest absolute Gasteiger partial charge is 0.481 e. The number of aliphatic carboxylic acids is 2. The van der Waals surface area contributed by atoms with Crippen LogP contribution in [0.5, 0.6) is 0 Å². The van der Waals surface area contributed by atoms with Gasteiger partial charge in [-0.05, 0) is 6.92 Å². The summed E-state index contributed by atoms with van der Waals surface area (Å²) in [5, 5.41) is 32.8. The van der Waals surface area contributed by atoms with Crippen LogP contribution in [0.3, 0.4) is 0 Å². The van der Waals surface area contributed by atoms with E-state index in [0.717, 1.165) is 0 Å². The summed E-state index contributed by atoms with van der Waals surface area (Å²) in [6, 6.07) is -5.42. The van der Waals surface area contributed by atoms with E-state index in [1.807, 2.05) is 0 Å². The average Bonchev–Trinajstić information content (AvgIpc) is 2.56. The minimum absolute atomic E-state index is 0.214. The minimum atomic E-state index is -1.57. The number of amides is 3. The lowest BCUT2D eigenvalue weighted by atomic mass is 10.1. The summed E-state index contributed by atoms with van der Waals surface area (Å²) < 4.78 is 0. The second-order valence-corrected chi connectivity index (χ2v) is 5.63. The number of carbonyl (C=O) groups is 5. The van der Waals surface area contributed by atoms with Crippen LogP contribution < -0.4 is 21.7 Å². The van der Waals surface area contributed by atoms with Crippen LogP contribution in [0.1, 0.15) is 13.3 Å². The van der Waals surface area contributed by atoms with E-state index in [-0.39, 0.29) is 5.75 Å². The fourth-order valence-electron chi connectivity index (χ4n) is 1.59. The van der Waals surface area contributed by atoms with Gasteiger partial charge in [0.05, 0.1) is 13.0 Å². The van der Waals surface area contributed by atoms with Gasteiger partial charge in [0.1, 0.15) is 24.2 Å². The normalized spacial score (nSPS) is 15.1. The Morgan fingerprint density at radius 2 is 1.46 bits per heavy atom. The molecule has 8 N–H and O–H groups in total. The van der Waals surface area contributed by atoms with Gasteiger partial charge in [0.25, 0.3) is 0 Å². The molecule has 0 aliphatic carbocycles. The standard InChI is InChI=1S/C13H22N4O8S/c1-5(13(24)25)15-12(23)8(4-26)17-11(22)7(2-9(19)20)16-10(21)6(14)3-18/h5-8,18,26H,2-4,14H2,1H3,(H,15,23)(H,16,21)(H,17,22)(H,19,20)(H,24,25). The Labute approximate surface area is 153 Å². The molecule has 0 spiro atoms. The van der Waals surface area contributed by atoms with Crippen LogP contribution in [0.25, 0.3) is 0 Å². The molecule has 4 atom stereocenters. The Bertz CT molecular complexity index is 558. The Morgan fingerprint density at radius 3 is 1.88 bits per heavy atom. The van der Waals surface area contributed by atoms with Gasteiger partial charge in [-0.3, -0.25) is 24.0 Å². The van der Waals surface area contributed by atoms with Crippen molar-refractivity contribution in [1.29, 1.82) is 0 Å². The third-order valence-electron chi connectivity index (χ3n) is 3.09. The van der Waals surface area contributed by atoms with Crippen molar-refractivity contribution in [2.75, 3.05) is 12.4 Å². The number of thiol groups is 1. The molecule has 0 aromatic heterocycles. The van der Waals surface area contributed by atoms with Crippen LogP contribution in [-0.2, 0) is 24.0 Å². The van der Waals surface area contributed by atoms with E-state index in [0.29, 0.717) is 0 Å². The number of nitrogens with one attached hydrogen (secondary N) is 3. The molecule has 26 heavy (non-hydrogen) atoms. The molecule has 0 bridgehead atoms. The molecule has 0 rings (SSSR count). The van der Waals surface area contributed by atoms with Gasteiger partial charge in [-0.25, -0.2) is 0 Å². The average molecular weight is 394 g/mol. The lowest BCUT2D eigenvalue weighted by Crippen LogP contribution is -2.58. The number of hydrogen-bond donors (Lipinski definition) is 8. The van der Waals surface area contributed by atoms with Crippen molar-refractivity contribution in [2.45, 2.75) is 37.5 Å². The number of nitrogens with two attached hydrogens (primary N) is 1. The fourth-order valence-corrected chi connectivity index (χ4v) is 1.84. The summed E-state index contributed by atoms with van der Waals surface area (Å²) >= 11 is 3.88. The second-order valence-electron chi connectivity index (χ2n) is 5.26. The third-order valence-corrected chi connectivity index (χ3v) is 3.46. The zero-order valence-corrected chi connectivity index (χ0v) is 14.7. The van der Waals surface area contributed by atoms with Crippen molar-refractivity contribution in [3.63, 3.8) is 0 Å². The van der Waals surface area contributed by atoms with Gasteiger partial charge in [0, 0.05) is 5.75 Å². The van der Waals surface area contributed by atoms with E-state index in [1.54, 1.807) is 0 Å². The number of carboxylic acids is 2. The fraction of sp³-hybridized carbons (Fsp3) is 0.615. The molecular weight excluding hydrogens is 372 g/mol. The molecular formula is C13H22N4O8S. The monoisotopic (exact) mass is 394 g/mol. The number of carbonyl (C=O) groups excluding carboxylic acids is 3. The molecule has 0 aliphatic heterocycles. The van der Waals surface area contributed by atoms with Crippen LogP contribution in [-0.4, -0.2) is 81.5 Å². The molecule has 0 fully saturated rings. The van der Waals surface area contributed by atoms with Crippen molar-refractivity contribution in [2.24, 2.45) is 5.73 Å². The molecule has 3 amide bonds. The first-order chi connectivity index (χ1) is 12.0. The number of rotatable bonds is 11. The van der Waals surface area contributed by atoms with Crippen LogP contribution in [0.2, 0.25) is 0 Å². The van der Waals surface area contributed by atoms with E-state index in [9.17, 15) is 24.0 Å². The molecule has 4 unspecified atom stereocenters. The minimum Gasteiger partial charge on any atom is -0.481 e. The van der Waals surface area contributed by atoms with Crippen LogP contribution in [0, 0.1) is 0 Å². The lowest BCUT2D eigenvalue weighted by Gasteiger charge is -2.22. The Kier molecular flexibility index (Phi) is 10.2. The first-order valence-electron chi connectivity index (χ1n) is 7.36. The molecule has 0 aromatic carbocycles. The van der Waals surface area contributed by atoms with Crippen molar-refractivity contribution < 1.29 is 39.3 Å². The molecule has 0 heterocycles. The first-order valence-corrected chi connectivity index (χ1v) is 7.99. The van der Waals surface area contributed by atoms with Crippen molar-refractivity contribution in [1.82, 2.24) is 16.0 Å². The lowest BCUT2D eigenvalue weighted by molar-refractivity contribution is -0.142. The van der Waals surface area contributed by atoms with Crippen LogP contribution in [0.15, 0.2) is 0 Å². The Balaban J connectivity index is 5.07. The van der Waals surface area contributed by atoms with E-state index < -0.39 is 66.9 Å².